The van der Waals surface area contributed by atoms with Crippen molar-refractivity contribution in [1.82, 2.24) is 20.2 Å². The highest BCUT2D eigenvalue weighted by Gasteiger charge is 2.21. The van der Waals surface area contributed by atoms with Crippen molar-refractivity contribution in [3.05, 3.63) is 63.6 Å². The number of benzene rings is 2. The number of tetrazole rings is 1. The van der Waals surface area contributed by atoms with Crippen LogP contribution in [0.4, 0.5) is 0 Å². The number of rotatable bonds is 5. The number of hydrogen-bond donors (Lipinski definition) is 0. The van der Waals surface area contributed by atoms with Gasteiger partial charge in [0, 0.05) is 10.0 Å². The van der Waals surface area contributed by atoms with Gasteiger partial charge < -0.3 is 0 Å². The Morgan fingerprint density at radius 2 is 1.88 bits per heavy atom. The molecule has 25 heavy (non-hydrogen) atoms. The number of halogens is 1. The fourth-order valence-corrected chi connectivity index (χ4v) is 3.65. The van der Waals surface area contributed by atoms with Gasteiger partial charge in [-0.15, -0.1) is 5.10 Å². The molecule has 5 nitrogen and oxygen atoms in total. The topological polar surface area (TPSA) is 60.7 Å². The summed E-state index contributed by atoms with van der Waals surface area (Å²) >= 11 is 4.74. The first-order chi connectivity index (χ1) is 12.0. The molecule has 0 saturated carbocycles. The second-order valence-electron chi connectivity index (χ2n) is 5.79. The molecule has 1 atom stereocenters. The first-order valence-electron chi connectivity index (χ1n) is 7.78. The van der Waals surface area contributed by atoms with Gasteiger partial charge in [0.2, 0.25) is 5.16 Å². The van der Waals surface area contributed by atoms with Crippen molar-refractivity contribution >= 4 is 33.5 Å². The largest absolute Gasteiger partial charge is 0.293 e. The molecule has 1 aromatic heterocycles. The first kappa shape index (κ1) is 17.8. The molecule has 3 rings (SSSR count). The lowest BCUT2D eigenvalue weighted by molar-refractivity contribution is 0.0994. The number of carbonyl (C=O) groups excluding carboxylic acids is 1. The van der Waals surface area contributed by atoms with Crippen molar-refractivity contribution in [3.8, 4) is 5.69 Å². The average Bonchev–Trinajstić information content (AvgIpc) is 3.02. The molecule has 1 unspecified atom stereocenters. The van der Waals surface area contributed by atoms with Crippen molar-refractivity contribution in [1.29, 1.82) is 0 Å². The van der Waals surface area contributed by atoms with E-state index in [9.17, 15) is 4.79 Å². The zero-order chi connectivity index (χ0) is 18.0. The fourth-order valence-electron chi connectivity index (χ4n) is 2.51. The van der Waals surface area contributed by atoms with Gasteiger partial charge in [-0.05, 0) is 55.0 Å². The van der Waals surface area contributed by atoms with Crippen LogP contribution in [0, 0.1) is 13.8 Å². The molecule has 3 aromatic rings. The Morgan fingerprint density at radius 1 is 1.16 bits per heavy atom. The average molecular weight is 417 g/mol. The van der Waals surface area contributed by atoms with E-state index in [1.807, 2.05) is 57.2 Å². The van der Waals surface area contributed by atoms with Crippen LogP contribution in [0.25, 0.3) is 5.69 Å². The van der Waals surface area contributed by atoms with Gasteiger partial charge in [0.25, 0.3) is 0 Å². The summed E-state index contributed by atoms with van der Waals surface area (Å²) in [4.78, 5) is 12.6. The van der Waals surface area contributed by atoms with E-state index in [2.05, 4.69) is 37.5 Å². The molecule has 0 amide bonds. The maximum Gasteiger partial charge on any atom is 0.214 e. The maximum absolute atomic E-state index is 12.6. The highest BCUT2D eigenvalue weighted by molar-refractivity contribution is 9.10. The molecule has 2 aromatic carbocycles. The third kappa shape index (κ3) is 3.99. The number of Topliss-reactive ketones (excluding diaryl/α,β-unsaturated/α-hetero) is 1. The lowest BCUT2D eigenvalue weighted by atomic mass is 10.1. The van der Waals surface area contributed by atoms with Crippen LogP contribution in [0.3, 0.4) is 0 Å². The van der Waals surface area contributed by atoms with E-state index < -0.39 is 0 Å². The van der Waals surface area contributed by atoms with Gasteiger partial charge in [-0.2, -0.15) is 4.68 Å². The molecule has 7 heteroatoms. The third-order valence-corrected chi connectivity index (χ3v) is 5.36. The van der Waals surface area contributed by atoms with E-state index in [1.54, 1.807) is 4.68 Å². The summed E-state index contributed by atoms with van der Waals surface area (Å²) in [5.41, 5.74) is 3.86. The van der Waals surface area contributed by atoms with E-state index >= 15 is 0 Å². The zero-order valence-electron chi connectivity index (χ0n) is 14.1. The normalized spacial score (nSPS) is 12.2. The first-order valence-corrected chi connectivity index (χ1v) is 9.45. The van der Waals surface area contributed by atoms with E-state index in [4.69, 9.17) is 0 Å². The van der Waals surface area contributed by atoms with Gasteiger partial charge in [0.05, 0.1) is 10.9 Å². The minimum absolute atomic E-state index is 0.0488. The molecule has 0 radical (unpaired) electrons. The predicted octanol–water partition coefficient (Wildman–Crippen LogP) is 4.41. The van der Waals surface area contributed by atoms with E-state index in [1.165, 1.54) is 17.3 Å². The van der Waals surface area contributed by atoms with Crippen LogP contribution in [-0.4, -0.2) is 31.2 Å². The molecule has 0 N–H and O–H groups in total. The van der Waals surface area contributed by atoms with Crippen LogP contribution in [0.15, 0.2) is 52.1 Å². The number of aromatic nitrogens is 4. The minimum Gasteiger partial charge on any atom is -0.293 e. The summed E-state index contributed by atoms with van der Waals surface area (Å²) in [5, 5.41) is 12.3. The lowest BCUT2D eigenvalue weighted by Gasteiger charge is -2.12. The van der Waals surface area contributed by atoms with Crippen molar-refractivity contribution in [2.45, 2.75) is 31.2 Å². The monoisotopic (exact) mass is 416 g/mol. The Morgan fingerprint density at radius 3 is 2.56 bits per heavy atom. The number of ketones is 1. The smallest absolute Gasteiger partial charge is 0.214 e. The molecule has 0 spiro atoms. The van der Waals surface area contributed by atoms with Gasteiger partial charge >= 0.3 is 0 Å². The molecule has 0 saturated heterocycles. The number of thioether (sulfide) groups is 1. The van der Waals surface area contributed by atoms with Crippen LogP contribution in [0.1, 0.15) is 28.4 Å². The van der Waals surface area contributed by atoms with Gasteiger partial charge in [0.1, 0.15) is 0 Å². The highest BCUT2D eigenvalue weighted by atomic mass is 79.9. The van der Waals surface area contributed by atoms with E-state index in [0.29, 0.717) is 10.7 Å². The summed E-state index contributed by atoms with van der Waals surface area (Å²) in [7, 11) is 0. The summed E-state index contributed by atoms with van der Waals surface area (Å²) in [6, 6.07) is 13.5. The summed E-state index contributed by atoms with van der Waals surface area (Å²) < 4.78 is 2.63. The zero-order valence-corrected chi connectivity index (χ0v) is 16.5. The van der Waals surface area contributed by atoms with Crippen molar-refractivity contribution in [2.24, 2.45) is 0 Å². The van der Waals surface area contributed by atoms with Gasteiger partial charge in [-0.3, -0.25) is 4.79 Å². The molecule has 0 aliphatic carbocycles. The molecule has 0 aliphatic heterocycles. The number of carbonyl (C=O) groups is 1. The fraction of sp³-hybridized carbons (Fsp3) is 0.222. The number of hydrogen-bond acceptors (Lipinski definition) is 5. The van der Waals surface area contributed by atoms with Gasteiger partial charge in [-0.1, -0.05) is 57.5 Å². The molecule has 0 fully saturated rings. The number of nitrogens with zero attached hydrogens (tertiary/aromatic N) is 4. The summed E-state index contributed by atoms with van der Waals surface area (Å²) in [5.74, 6) is 0.0488. The lowest BCUT2D eigenvalue weighted by Crippen LogP contribution is -2.14. The number of aryl methyl sites for hydroxylation is 2. The summed E-state index contributed by atoms with van der Waals surface area (Å²) in [6.07, 6.45) is 0. The molecular weight excluding hydrogens is 400 g/mol. The van der Waals surface area contributed by atoms with Crippen molar-refractivity contribution in [3.63, 3.8) is 0 Å². The van der Waals surface area contributed by atoms with Crippen LogP contribution in [0.5, 0.6) is 0 Å². The van der Waals surface area contributed by atoms with E-state index in [0.717, 1.165) is 15.7 Å². The second-order valence-corrected chi connectivity index (χ2v) is 8.02. The Hall–Kier alpha value is -1.99. The minimum atomic E-state index is -0.295. The van der Waals surface area contributed by atoms with E-state index in [-0.39, 0.29) is 11.0 Å². The van der Waals surface area contributed by atoms with Gasteiger partial charge in [-0.25, -0.2) is 0 Å². The van der Waals surface area contributed by atoms with Crippen molar-refractivity contribution in [2.75, 3.05) is 0 Å². The maximum atomic E-state index is 12.6. The molecular formula is C18H17BrN4OS. The van der Waals surface area contributed by atoms with Crippen LogP contribution in [0.2, 0.25) is 0 Å². The molecule has 0 aliphatic rings. The van der Waals surface area contributed by atoms with Gasteiger partial charge in [0.15, 0.2) is 5.78 Å². The Balaban J connectivity index is 1.83. The Labute approximate surface area is 159 Å². The van der Waals surface area contributed by atoms with Crippen LogP contribution >= 0.6 is 27.7 Å². The predicted molar refractivity (Wildman–Crippen MR) is 102 cm³/mol. The summed E-state index contributed by atoms with van der Waals surface area (Å²) in [6.45, 7) is 5.94. The molecule has 128 valence electrons. The molecule has 0 bridgehead atoms. The standard InChI is InChI=1S/C18H17BrN4OS/c1-11-4-9-16(12(2)10-11)23-18(20-21-22-23)25-13(3)17(24)14-5-7-15(19)8-6-14/h4-10,13H,1-3H3. The van der Waals surface area contributed by atoms with Crippen molar-refractivity contribution < 1.29 is 4.79 Å². The van der Waals surface area contributed by atoms with Crippen LogP contribution in [-0.2, 0) is 0 Å². The SMILES string of the molecule is Cc1ccc(-n2nnnc2SC(C)C(=O)c2ccc(Br)cc2)c(C)c1. The second kappa shape index (κ2) is 7.49. The quantitative estimate of drug-likeness (QED) is 0.455. The Bertz CT molecular complexity index is 908. The Kier molecular flexibility index (Phi) is 5.34. The molecule has 1 heterocycles. The highest BCUT2D eigenvalue weighted by Crippen LogP contribution is 2.27. The van der Waals surface area contributed by atoms with Crippen LogP contribution < -0.4 is 0 Å². The third-order valence-electron chi connectivity index (χ3n) is 3.80.